The minimum atomic E-state index is -4.03. The molecule has 108 valence electrons. The lowest BCUT2D eigenvalue weighted by atomic mass is 9.65. The second kappa shape index (κ2) is 4.95. The second-order valence-electron chi connectivity index (χ2n) is 5.16. The van der Waals surface area contributed by atoms with Gasteiger partial charge in [0, 0.05) is 6.42 Å². The van der Waals surface area contributed by atoms with Crippen LogP contribution in [0.5, 0.6) is 0 Å². The SMILES string of the molecule is CCOS(=O)(=O)O[C@H]1C[C@@H]2CC(=O)[C@H]1c1ccccc12. The maximum absolute atomic E-state index is 12.2. The molecule has 0 aliphatic heterocycles. The summed E-state index contributed by atoms with van der Waals surface area (Å²) in [5.41, 5.74) is 2.04. The van der Waals surface area contributed by atoms with Crippen LogP contribution in [-0.2, 0) is 23.6 Å². The number of carbonyl (C=O) groups is 1. The van der Waals surface area contributed by atoms with E-state index in [4.69, 9.17) is 4.18 Å². The molecular weight excluding hydrogens is 280 g/mol. The van der Waals surface area contributed by atoms with Crippen LogP contribution in [0.25, 0.3) is 0 Å². The molecule has 0 heterocycles. The largest absolute Gasteiger partial charge is 0.400 e. The van der Waals surface area contributed by atoms with Gasteiger partial charge in [-0.2, -0.15) is 8.42 Å². The van der Waals surface area contributed by atoms with Gasteiger partial charge >= 0.3 is 10.4 Å². The van der Waals surface area contributed by atoms with Gasteiger partial charge in [0.15, 0.2) is 0 Å². The lowest BCUT2D eigenvalue weighted by Gasteiger charge is -2.41. The molecule has 4 rings (SSSR count). The van der Waals surface area contributed by atoms with Crippen molar-refractivity contribution in [3.05, 3.63) is 35.4 Å². The van der Waals surface area contributed by atoms with E-state index in [2.05, 4.69) is 4.18 Å². The maximum atomic E-state index is 12.2. The van der Waals surface area contributed by atoms with Crippen LogP contribution in [0.1, 0.15) is 42.7 Å². The fourth-order valence-electron chi connectivity index (χ4n) is 3.27. The molecule has 1 aromatic rings. The number of Topliss-reactive ketones (excluding diaryl/α,β-unsaturated/α-hetero) is 1. The number of ketones is 1. The van der Waals surface area contributed by atoms with Crippen molar-refractivity contribution in [2.45, 2.75) is 37.7 Å². The molecule has 2 bridgehead atoms. The summed E-state index contributed by atoms with van der Waals surface area (Å²) in [5, 5.41) is 0. The van der Waals surface area contributed by atoms with Gasteiger partial charge < -0.3 is 0 Å². The van der Waals surface area contributed by atoms with E-state index in [9.17, 15) is 13.2 Å². The van der Waals surface area contributed by atoms with Gasteiger partial charge in [-0.25, -0.2) is 8.37 Å². The first kappa shape index (κ1) is 13.7. The number of fused-ring (bicyclic) bond motifs is 2. The van der Waals surface area contributed by atoms with E-state index in [1.165, 1.54) is 0 Å². The zero-order chi connectivity index (χ0) is 14.3. The van der Waals surface area contributed by atoms with E-state index in [1.807, 2.05) is 24.3 Å². The zero-order valence-corrected chi connectivity index (χ0v) is 11.9. The lowest BCUT2D eigenvalue weighted by molar-refractivity contribution is -0.126. The Morgan fingerprint density at radius 3 is 2.65 bits per heavy atom. The van der Waals surface area contributed by atoms with Crippen LogP contribution in [0.15, 0.2) is 24.3 Å². The number of rotatable bonds is 4. The van der Waals surface area contributed by atoms with Crippen molar-refractivity contribution < 1.29 is 21.6 Å². The molecule has 0 radical (unpaired) electrons. The number of benzene rings is 1. The normalized spacial score (nSPS) is 28.4. The predicted octanol–water partition coefficient (Wildman–Crippen LogP) is 1.90. The highest BCUT2D eigenvalue weighted by Crippen LogP contribution is 2.48. The Kier molecular flexibility index (Phi) is 3.40. The standard InChI is InChI=1S/C14H16O5S/c1-2-18-20(16,17)19-13-8-9-7-12(15)14(13)11-6-4-3-5-10(9)11/h3-6,9,13-14H,2,7-8H2,1H3/t9-,13-,14+/m0/s1. The van der Waals surface area contributed by atoms with Crippen molar-refractivity contribution >= 4 is 16.2 Å². The first-order valence-corrected chi connectivity index (χ1v) is 8.04. The molecule has 20 heavy (non-hydrogen) atoms. The van der Waals surface area contributed by atoms with Crippen LogP contribution in [0, 0.1) is 0 Å². The van der Waals surface area contributed by atoms with Gasteiger partial charge in [0.25, 0.3) is 0 Å². The van der Waals surface area contributed by atoms with Gasteiger partial charge in [0.05, 0.1) is 18.6 Å². The third-order valence-electron chi connectivity index (χ3n) is 3.96. The summed E-state index contributed by atoms with van der Waals surface area (Å²) >= 11 is 0. The number of carbonyl (C=O) groups excluding carboxylic acids is 1. The number of hydrogen-bond acceptors (Lipinski definition) is 5. The molecule has 3 aliphatic rings. The van der Waals surface area contributed by atoms with Gasteiger partial charge in [-0.05, 0) is 30.4 Å². The van der Waals surface area contributed by atoms with Crippen LogP contribution < -0.4 is 0 Å². The molecule has 0 saturated heterocycles. The average Bonchev–Trinajstić information content (AvgIpc) is 2.38. The Morgan fingerprint density at radius 1 is 1.25 bits per heavy atom. The van der Waals surface area contributed by atoms with Crippen molar-refractivity contribution in [3.8, 4) is 0 Å². The second-order valence-corrected chi connectivity index (χ2v) is 6.40. The van der Waals surface area contributed by atoms with Gasteiger partial charge in [0.2, 0.25) is 0 Å². The Bertz CT molecular complexity index is 637. The fourth-order valence-corrected chi connectivity index (χ4v) is 4.11. The van der Waals surface area contributed by atoms with E-state index < -0.39 is 22.4 Å². The van der Waals surface area contributed by atoms with E-state index in [0.717, 1.165) is 11.1 Å². The quantitative estimate of drug-likeness (QED) is 0.848. The van der Waals surface area contributed by atoms with Crippen molar-refractivity contribution in [1.82, 2.24) is 0 Å². The molecule has 1 fully saturated rings. The molecule has 1 saturated carbocycles. The van der Waals surface area contributed by atoms with Crippen LogP contribution >= 0.6 is 0 Å². The molecular formula is C14H16O5S. The van der Waals surface area contributed by atoms with Crippen molar-refractivity contribution in [2.24, 2.45) is 0 Å². The Hall–Kier alpha value is -1.24. The van der Waals surface area contributed by atoms with E-state index >= 15 is 0 Å². The summed E-state index contributed by atoms with van der Waals surface area (Å²) in [6.07, 6.45) is 0.364. The average molecular weight is 296 g/mol. The Labute approximate surface area is 118 Å². The Morgan fingerprint density at radius 2 is 1.95 bits per heavy atom. The first-order valence-electron chi connectivity index (χ1n) is 6.71. The van der Waals surface area contributed by atoms with Crippen LogP contribution in [0.3, 0.4) is 0 Å². The molecule has 3 atom stereocenters. The molecule has 6 heteroatoms. The molecule has 5 nitrogen and oxygen atoms in total. The van der Waals surface area contributed by atoms with Crippen molar-refractivity contribution in [2.75, 3.05) is 6.61 Å². The van der Waals surface area contributed by atoms with Crippen LogP contribution in [-0.4, -0.2) is 26.9 Å². The van der Waals surface area contributed by atoms with Gasteiger partial charge in [0.1, 0.15) is 5.78 Å². The van der Waals surface area contributed by atoms with E-state index in [-0.39, 0.29) is 18.3 Å². The van der Waals surface area contributed by atoms with Crippen LogP contribution in [0.4, 0.5) is 0 Å². The third-order valence-corrected chi connectivity index (χ3v) is 4.96. The summed E-state index contributed by atoms with van der Waals surface area (Å²) in [7, 11) is -4.03. The zero-order valence-electron chi connectivity index (χ0n) is 11.1. The van der Waals surface area contributed by atoms with E-state index in [0.29, 0.717) is 12.8 Å². The molecule has 3 aliphatic carbocycles. The summed E-state index contributed by atoms with van der Waals surface area (Å²) in [6, 6.07) is 7.69. The van der Waals surface area contributed by atoms with Gasteiger partial charge in [-0.15, -0.1) is 0 Å². The highest BCUT2D eigenvalue weighted by Gasteiger charge is 2.47. The molecule has 1 aromatic carbocycles. The van der Waals surface area contributed by atoms with Gasteiger partial charge in [-0.3, -0.25) is 4.79 Å². The summed E-state index contributed by atoms with van der Waals surface area (Å²) in [4.78, 5) is 12.2. The minimum absolute atomic E-state index is 0.0215. The summed E-state index contributed by atoms with van der Waals surface area (Å²) in [5.74, 6) is -0.395. The lowest BCUT2D eigenvalue weighted by Crippen LogP contribution is -2.42. The highest BCUT2D eigenvalue weighted by molar-refractivity contribution is 7.81. The van der Waals surface area contributed by atoms with Crippen LogP contribution in [0.2, 0.25) is 0 Å². The van der Waals surface area contributed by atoms with Crippen molar-refractivity contribution in [3.63, 3.8) is 0 Å². The maximum Gasteiger partial charge on any atom is 0.400 e. The third kappa shape index (κ3) is 2.28. The molecule has 0 N–H and O–H groups in total. The molecule has 0 amide bonds. The van der Waals surface area contributed by atoms with Crippen molar-refractivity contribution in [1.29, 1.82) is 0 Å². The van der Waals surface area contributed by atoms with Gasteiger partial charge in [-0.1, -0.05) is 24.3 Å². The minimum Gasteiger partial charge on any atom is -0.299 e. The first-order chi connectivity index (χ1) is 9.52. The molecule has 0 aromatic heterocycles. The summed E-state index contributed by atoms with van der Waals surface area (Å²) in [6.45, 7) is 1.60. The summed E-state index contributed by atoms with van der Waals surface area (Å²) < 4.78 is 33.0. The molecule has 0 unspecified atom stereocenters. The monoisotopic (exact) mass is 296 g/mol. The fraction of sp³-hybridized carbons (Fsp3) is 0.500. The van der Waals surface area contributed by atoms with E-state index in [1.54, 1.807) is 6.92 Å². The Balaban J connectivity index is 1.93. The highest BCUT2D eigenvalue weighted by atomic mass is 32.3. The molecule has 0 spiro atoms. The smallest absolute Gasteiger partial charge is 0.299 e. The predicted molar refractivity (Wildman–Crippen MR) is 71.6 cm³/mol. The topological polar surface area (TPSA) is 69.7 Å². The number of hydrogen-bond donors (Lipinski definition) is 0.